The van der Waals surface area contributed by atoms with Crippen LogP contribution < -0.4 is 0 Å². The summed E-state index contributed by atoms with van der Waals surface area (Å²) in [6, 6.07) is 3.51. The fourth-order valence-electron chi connectivity index (χ4n) is 1.86. The standard InChI is InChI=1S/C14H13Br2NO2S2/c1-7(2)6-17-13(19)11(21-14(17)20)4-8-3-9(15)5-10(16)12(8)18/h3-5,7,18H,6H2,1-2H3/b11-4-. The van der Waals surface area contributed by atoms with Gasteiger partial charge in [0.2, 0.25) is 0 Å². The molecule has 3 nitrogen and oxygen atoms in total. The summed E-state index contributed by atoms with van der Waals surface area (Å²) in [5.41, 5.74) is 0.571. The second kappa shape index (κ2) is 6.81. The highest BCUT2D eigenvalue weighted by atomic mass is 79.9. The van der Waals surface area contributed by atoms with Gasteiger partial charge >= 0.3 is 0 Å². The predicted octanol–water partition coefficient (Wildman–Crippen LogP) is 4.77. The molecular formula is C14H13Br2NO2S2. The Labute approximate surface area is 150 Å². The number of halogens is 2. The Morgan fingerprint density at radius 2 is 2.10 bits per heavy atom. The number of phenolic OH excluding ortho intramolecular Hbond substituents is 1. The zero-order chi connectivity index (χ0) is 15.7. The van der Waals surface area contributed by atoms with Gasteiger partial charge in [0.15, 0.2) is 0 Å². The average Bonchev–Trinajstić information content (AvgIpc) is 2.63. The number of thiocarbonyl (C=S) groups is 1. The van der Waals surface area contributed by atoms with Gasteiger partial charge in [0, 0.05) is 16.6 Å². The molecule has 0 atom stereocenters. The predicted molar refractivity (Wildman–Crippen MR) is 98.2 cm³/mol. The summed E-state index contributed by atoms with van der Waals surface area (Å²) in [5, 5.41) is 10.1. The fourth-order valence-corrected chi connectivity index (χ4v) is 4.38. The maximum atomic E-state index is 12.4. The van der Waals surface area contributed by atoms with E-state index in [1.807, 2.05) is 13.8 Å². The van der Waals surface area contributed by atoms with Crippen molar-refractivity contribution in [3.8, 4) is 5.75 Å². The first kappa shape index (κ1) is 17.0. The quantitative estimate of drug-likeness (QED) is 0.531. The number of hydrogen-bond acceptors (Lipinski definition) is 4. The van der Waals surface area contributed by atoms with Crippen LogP contribution in [0.5, 0.6) is 5.75 Å². The number of rotatable bonds is 3. The van der Waals surface area contributed by atoms with Crippen LogP contribution >= 0.6 is 55.8 Å². The molecule has 0 unspecified atom stereocenters. The summed E-state index contributed by atoms with van der Waals surface area (Å²) in [5.74, 6) is 0.349. The largest absolute Gasteiger partial charge is 0.506 e. The molecule has 0 bridgehead atoms. The molecule has 1 amide bonds. The zero-order valence-electron chi connectivity index (χ0n) is 11.4. The van der Waals surface area contributed by atoms with E-state index in [0.29, 0.717) is 31.7 Å². The Bertz CT molecular complexity index is 644. The van der Waals surface area contributed by atoms with Gasteiger partial charge in [-0.1, -0.05) is 53.8 Å². The van der Waals surface area contributed by atoms with E-state index in [4.69, 9.17) is 12.2 Å². The second-order valence-corrected chi connectivity index (χ2v) is 8.46. The highest BCUT2D eigenvalue weighted by Crippen LogP contribution is 2.37. The molecule has 7 heteroatoms. The normalized spacial score (nSPS) is 17.4. The van der Waals surface area contributed by atoms with Gasteiger partial charge in [-0.2, -0.15) is 0 Å². The molecule has 1 saturated heterocycles. The number of aromatic hydroxyl groups is 1. The van der Waals surface area contributed by atoms with Crippen LogP contribution in [0.2, 0.25) is 0 Å². The van der Waals surface area contributed by atoms with Crippen LogP contribution in [0, 0.1) is 5.92 Å². The molecule has 0 radical (unpaired) electrons. The van der Waals surface area contributed by atoms with Crippen molar-refractivity contribution < 1.29 is 9.90 Å². The molecule has 0 aromatic heterocycles. The monoisotopic (exact) mass is 449 g/mol. The lowest BCUT2D eigenvalue weighted by molar-refractivity contribution is -0.122. The van der Waals surface area contributed by atoms with E-state index in [9.17, 15) is 9.90 Å². The molecule has 1 heterocycles. The van der Waals surface area contributed by atoms with Gasteiger partial charge in [-0.25, -0.2) is 0 Å². The van der Waals surface area contributed by atoms with Crippen molar-refractivity contribution in [2.75, 3.05) is 6.54 Å². The van der Waals surface area contributed by atoms with Crippen LogP contribution in [0.4, 0.5) is 0 Å². The smallest absolute Gasteiger partial charge is 0.266 e. The summed E-state index contributed by atoms with van der Waals surface area (Å²) in [6.07, 6.45) is 1.67. The van der Waals surface area contributed by atoms with Crippen molar-refractivity contribution in [2.45, 2.75) is 13.8 Å². The van der Waals surface area contributed by atoms with Crippen molar-refractivity contribution in [1.82, 2.24) is 4.90 Å². The van der Waals surface area contributed by atoms with Gasteiger partial charge in [-0.15, -0.1) is 0 Å². The molecule has 0 saturated carbocycles. The van der Waals surface area contributed by atoms with Gasteiger partial charge in [0.1, 0.15) is 10.1 Å². The molecule has 1 aliphatic rings. The lowest BCUT2D eigenvalue weighted by atomic mass is 10.1. The first-order valence-corrected chi connectivity index (χ1v) is 9.04. The molecule has 21 heavy (non-hydrogen) atoms. The number of carbonyl (C=O) groups is 1. The minimum atomic E-state index is -0.103. The van der Waals surface area contributed by atoms with E-state index in [0.717, 1.165) is 4.47 Å². The van der Waals surface area contributed by atoms with Crippen LogP contribution in [0.15, 0.2) is 26.0 Å². The highest BCUT2D eigenvalue weighted by molar-refractivity contribution is 9.11. The number of carbonyl (C=O) groups excluding carboxylic acids is 1. The second-order valence-electron chi connectivity index (χ2n) is 5.01. The zero-order valence-corrected chi connectivity index (χ0v) is 16.2. The first-order valence-electron chi connectivity index (χ1n) is 6.23. The van der Waals surface area contributed by atoms with Gasteiger partial charge in [-0.3, -0.25) is 9.69 Å². The molecule has 1 fully saturated rings. The summed E-state index contributed by atoms with van der Waals surface area (Å²) in [6.45, 7) is 4.69. The molecule has 2 rings (SSSR count). The summed E-state index contributed by atoms with van der Waals surface area (Å²) < 4.78 is 1.95. The molecule has 112 valence electrons. The van der Waals surface area contributed by atoms with Crippen LogP contribution in [0.3, 0.4) is 0 Å². The number of phenols is 1. The van der Waals surface area contributed by atoms with Gasteiger partial charge < -0.3 is 5.11 Å². The topological polar surface area (TPSA) is 40.5 Å². The molecule has 1 aromatic carbocycles. The van der Waals surface area contributed by atoms with Crippen molar-refractivity contribution >= 4 is 72.1 Å². The molecule has 1 N–H and O–H groups in total. The lowest BCUT2D eigenvalue weighted by Gasteiger charge is -2.16. The molecular weight excluding hydrogens is 438 g/mol. The lowest BCUT2D eigenvalue weighted by Crippen LogP contribution is -2.31. The van der Waals surface area contributed by atoms with E-state index < -0.39 is 0 Å². The summed E-state index contributed by atoms with van der Waals surface area (Å²) in [4.78, 5) is 14.5. The maximum absolute atomic E-state index is 12.4. The van der Waals surface area contributed by atoms with Gasteiger partial charge in [0.25, 0.3) is 5.91 Å². The van der Waals surface area contributed by atoms with E-state index in [1.165, 1.54) is 11.8 Å². The Hall–Kier alpha value is -0.370. The van der Waals surface area contributed by atoms with Crippen LogP contribution in [-0.2, 0) is 4.79 Å². The van der Waals surface area contributed by atoms with E-state index in [-0.39, 0.29) is 11.7 Å². The number of amides is 1. The molecule has 0 spiro atoms. The van der Waals surface area contributed by atoms with E-state index in [1.54, 1.807) is 23.1 Å². The van der Waals surface area contributed by atoms with Gasteiger partial charge in [-0.05, 0) is 40.1 Å². The van der Waals surface area contributed by atoms with Gasteiger partial charge in [0.05, 0.1) is 9.38 Å². The minimum absolute atomic E-state index is 0.103. The van der Waals surface area contributed by atoms with Crippen LogP contribution in [0.1, 0.15) is 19.4 Å². The highest BCUT2D eigenvalue weighted by Gasteiger charge is 2.32. The number of thioether (sulfide) groups is 1. The van der Waals surface area contributed by atoms with Crippen LogP contribution in [-0.4, -0.2) is 26.8 Å². The molecule has 0 aliphatic carbocycles. The van der Waals surface area contributed by atoms with Crippen molar-refractivity contribution in [3.63, 3.8) is 0 Å². The Balaban J connectivity index is 2.35. The van der Waals surface area contributed by atoms with E-state index >= 15 is 0 Å². The van der Waals surface area contributed by atoms with Crippen LogP contribution in [0.25, 0.3) is 6.08 Å². The number of hydrogen-bond donors (Lipinski definition) is 1. The number of nitrogens with zero attached hydrogens (tertiary/aromatic N) is 1. The first-order chi connectivity index (χ1) is 9.79. The summed E-state index contributed by atoms with van der Waals surface area (Å²) >= 11 is 13.2. The fraction of sp³-hybridized carbons (Fsp3) is 0.286. The van der Waals surface area contributed by atoms with Crippen molar-refractivity contribution in [2.24, 2.45) is 5.92 Å². The Morgan fingerprint density at radius 3 is 2.71 bits per heavy atom. The molecule has 1 aliphatic heterocycles. The van der Waals surface area contributed by atoms with Crippen molar-refractivity contribution in [1.29, 1.82) is 0 Å². The Kier molecular flexibility index (Phi) is 5.51. The SMILES string of the molecule is CC(C)CN1C(=O)/C(=C/c2cc(Br)cc(Br)c2O)SC1=S. The third-order valence-corrected chi connectivity index (χ3v) is 5.21. The molecule has 1 aromatic rings. The average molecular weight is 451 g/mol. The number of benzene rings is 1. The third kappa shape index (κ3) is 3.88. The Morgan fingerprint density at radius 1 is 1.43 bits per heavy atom. The van der Waals surface area contributed by atoms with Crippen molar-refractivity contribution in [3.05, 3.63) is 31.5 Å². The third-order valence-electron chi connectivity index (χ3n) is 2.77. The minimum Gasteiger partial charge on any atom is -0.506 e. The maximum Gasteiger partial charge on any atom is 0.266 e. The van der Waals surface area contributed by atoms with E-state index in [2.05, 4.69) is 31.9 Å². The summed E-state index contributed by atoms with van der Waals surface area (Å²) in [7, 11) is 0.